The molecule has 0 bridgehead atoms. The zero-order valence-electron chi connectivity index (χ0n) is 48.4. The van der Waals surface area contributed by atoms with Gasteiger partial charge in [-0.25, -0.2) is 9.59 Å². The van der Waals surface area contributed by atoms with Gasteiger partial charge >= 0.3 is 23.5 Å². The van der Waals surface area contributed by atoms with Crippen molar-refractivity contribution in [1.82, 2.24) is 0 Å². The van der Waals surface area contributed by atoms with Gasteiger partial charge in [-0.1, -0.05) is 224 Å². The molecule has 2 fully saturated rings. The van der Waals surface area contributed by atoms with Gasteiger partial charge in [0.25, 0.3) is 5.69 Å². The molecule has 0 radical (unpaired) electrons. The number of para-hydroxylation sites is 1. The van der Waals surface area contributed by atoms with E-state index in [-0.39, 0.29) is 87.8 Å². The van der Waals surface area contributed by atoms with Crippen molar-refractivity contribution < 1.29 is 71.4 Å². The normalized spacial score (nSPS) is 20.5. The second-order valence-electron chi connectivity index (χ2n) is 22.2. The summed E-state index contributed by atoms with van der Waals surface area (Å²) in [5.41, 5.74) is 3.99. The molecule has 17 heteroatoms. The minimum absolute atomic E-state index is 0.00657. The van der Waals surface area contributed by atoms with Gasteiger partial charge in [0.2, 0.25) is 11.5 Å². The van der Waals surface area contributed by atoms with Crippen LogP contribution in [0.15, 0.2) is 249 Å². The molecular formula is C74H55NO16. The zero-order chi connectivity index (χ0) is 61.5. The highest BCUT2D eigenvalue weighted by molar-refractivity contribution is 6.09. The van der Waals surface area contributed by atoms with Crippen LogP contribution in [0, 0.1) is 10.1 Å². The second kappa shape index (κ2) is 23.9. The van der Waals surface area contributed by atoms with Crippen molar-refractivity contribution in [3.05, 3.63) is 314 Å². The molecule has 0 N–H and O–H groups in total. The number of rotatable bonds is 15. The van der Waals surface area contributed by atoms with Crippen molar-refractivity contribution in [3.63, 3.8) is 0 Å². The fraction of sp³-hybridized carbons (Fsp3) is 0.162. The van der Waals surface area contributed by atoms with E-state index < -0.39 is 72.0 Å². The van der Waals surface area contributed by atoms with Crippen LogP contribution < -0.4 is 28.4 Å². The van der Waals surface area contributed by atoms with Crippen LogP contribution in [0.1, 0.15) is 71.5 Å². The molecule has 10 aromatic rings. The van der Waals surface area contributed by atoms with E-state index >= 15 is 9.59 Å². The smallest absolute Gasteiger partial charge is 0.339 e. The summed E-state index contributed by atoms with van der Waals surface area (Å²) >= 11 is 0. The number of esters is 2. The Morgan fingerprint density at radius 2 is 0.956 bits per heavy atom. The van der Waals surface area contributed by atoms with E-state index in [0.717, 1.165) is 11.1 Å². The van der Waals surface area contributed by atoms with Crippen LogP contribution in [-0.2, 0) is 59.8 Å². The number of nitro benzene ring substituents is 1. The highest BCUT2D eigenvalue weighted by atomic mass is 16.8. The fourth-order valence-electron chi connectivity index (χ4n) is 12.3. The first-order chi connectivity index (χ1) is 44.7. The van der Waals surface area contributed by atoms with Crippen LogP contribution >= 0.6 is 0 Å². The number of carbonyl (C=O) groups excluding carboxylic acids is 2. The summed E-state index contributed by atoms with van der Waals surface area (Å²) in [7, 11) is 0. The largest absolute Gasteiger partial charge is 0.485 e. The molecule has 17 nitrogen and oxygen atoms in total. The average molecular weight is 1210 g/mol. The molecule has 0 aromatic heterocycles. The van der Waals surface area contributed by atoms with E-state index in [1.807, 2.05) is 212 Å². The number of ether oxygens (including phenoxy) is 12. The van der Waals surface area contributed by atoms with Crippen molar-refractivity contribution in [2.24, 2.45) is 0 Å². The number of hydrogen-bond donors (Lipinski definition) is 0. The Morgan fingerprint density at radius 3 is 1.54 bits per heavy atom. The van der Waals surface area contributed by atoms with E-state index in [4.69, 9.17) is 56.8 Å². The van der Waals surface area contributed by atoms with Gasteiger partial charge in [-0.05, 0) is 29.3 Å². The van der Waals surface area contributed by atoms with Gasteiger partial charge in [0, 0.05) is 45.0 Å². The van der Waals surface area contributed by atoms with E-state index in [2.05, 4.69) is 0 Å². The number of carbonyl (C=O) groups is 2. The van der Waals surface area contributed by atoms with Crippen LogP contribution in [0.3, 0.4) is 0 Å². The van der Waals surface area contributed by atoms with Gasteiger partial charge in [-0.2, -0.15) is 0 Å². The molecule has 0 unspecified atom stereocenters. The van der Waals surface area contributed by atoms with E-state index in [1.54, 1.807) is 12.1 Å². The topological polar surface area (TPSA) is 188 Å². The highest BCUT2D eigenvalue weighted by Crippen LogP contribution is 2.63. The summed E-state index contributed by atoms with van der Waals surface area (Å²) in [6.45, 7) is -0.625. The Morgan fingerprint density at radius 1 is 0.473 bits per heavy atom. The average Bonchev–Trinajstić information content (AvgIpc) is 1.62. The molecule has 6 atom stereocenters. The van der Waals surface area contributed by atoms with Gasteiger partial charge in [0.1, 0.15) is 25.4 Å². The Labute approximate surface area is 521 Å². The molecule has 2 saturated heterocycles. The Hall–Kier alpha value is -10.8. The molecule has 0 aliphatic carbocycles. The molecule has 10 aromatic carbocycles. The van der Waals surface area contributed by atoms with Gasteiger partial charge < -0.3 is 56.8 Å². The SMILES string of the molecule is O=C1O[C@@H]2[C@@H](OC(=O)c3cc(OCc4ccccc4)c4c(c3-c3c1cc1c(c3OCc3ccccc3)OC(c3ccccc3)(c3ccccc3)O1)OC(c1ccccc1)(c1ccccc1)O4)[C@H](OCc1ccccc1[N+](=O)[O-])O[C@@H]1CO[C@@H](c3ccccc3)O[C@@H]21. The molecule has 452 valence electrons. The second-order valence-corrected chi connectivity index (χ2v) is 22.2. The minimum atomic E-state index is -1.78. The van der Waals surface area contributed by atoms with Crippen LogP contribution in [0.25, 0.3) is 11.1 Å². The summed E-state index contributed by atoms with van der Waals surface area (Å²) < 4.78 is 83.6. The summed E-state index contributed by atoms with van der Waals surface area (Å²) in [5.74, 6) is -5.32. The molecule has 0 saturated carbocycles. The fourth-order valence-corrected chi connectivity index (χ4v) is 12.3. The van der Waals surface area contributed by atoms with Gasteiger partial charge in [0.05, 0.1) is 34.8 Å². The third kappa shape index (κ3) is 10.5. The van der Waals surface area contributed by atoms with Crippen LogP contribution in [0.5, 0.6) is 34.5 Å². The Bertz CT molecular complexity index is 4240. The van der Waals surface area contributed by atoms with Crippen molar-refractivity contribution in [2.45, 2.75) is 68.4 Å². The molecule has 5 aliphatic heterocycles. The van der Waals surface area contributed by atoms with E-state index in [1.165, 1.54) is 24.3 Å². The summed E-state index contributed by atoms with van der Waals surface area (Å²) in [4.78, 5) is 45.0. The standard InChI is InChI=1S/C74H55NO16/c76-69-55-41-58-64(90-73(88-58,50-31-14-4-15-32-50)51-33-16-5-17-34-51)65(81-43-47-26-10-2-11-27-47)60(55)61-54(40-57(80-42-46-24-8-1-9-25-46)63-66(61)91-74(89-63,52-35-18-6-19-36-52)53-37-20-7-21-38-53)70(77)86-68-67(85-69)62-59(45-83-71(87-62)48-28-12-3-13-29-48)84-72(68)82-44-49-30-22-23-39-56(49)75(78)79/h1-41,59,62,67-68,71-72H,42-45H2/t59-,62-,67+,68-,71-,72-/m1/s1. The van der Waals surface area contributed by atoms with Gasteiger partial charge in [-0.3, -0.25) is 10.1 Å². The van der Waals surface area contributed by atoms with Crippen LogP contribution in [0.2, 0.25) is 0 Å². The maximum Gasteiger partial charge on any atom is 0.339 e. The lowest BCUT2D eigenvalue weighted by atomic mass is 9.90. The maximum atomic E-state index is 16.6. The molecule has 0 spiro atoms. The number of nitro groups is 1. The zero-order valence-corrected chi connectivity index (χ0v) is 48.4. The van der Waals surface area contributed by atoms with Gasteiger partial charge in [0.15, 0.2) is 47.8 Å². The summed E-state index contributed by atoms with van der Waals surface area (Å²) in [5, 5.41) is 12.4. The lowest BCUT2D eigenvalue weighted by Crippen LogP contribution is -2.64. The third-order valence-electron chi connectivity index (χ3n) is 16.6. The van der Waals surface area contributed by atoms with E-state index in [9.17, 15) is 10.1 Å². The van der Waals surface area contributed by atoms with Crippen molar-refractivity contribution in [1.29, 1.82) is 0 Å². The minimum Gasteiger partial charge on any atom is -0.485 e. The Kier molecular flexibility index (Phi) is 14.9. The van der Waals surface area contributed by atoms with E-state index in [0.29, 0.717) is 27.8 Å². The highest BCUT2D eigenvalue weighted by Gasteiger charge is 2.57. The number of benzene rings is 10. The van der Waals surface area contributed by atoms with Crippen LogP contribution in [-0.4, -0.2) is 54.2 Å². The Balaban J connectivity index is 0.994. The number of nitrogens with zero attached hydrogens (tertiary/aromatic N) is 1. The first-order valence-electron chi connectivity index (χ1n) is 29.7. The quantitative estimate of drug-likeness (QED) is 0.0535. The first kappa shape index (κ1) is 56.7. The molecule has 5 aliphatic rings. The monoisotopic (exact) mass is 1210 g/mol. The van der Waals surface area contributed by atoms with Gasteiger partial charge in [-0.15, -0.1) is 0 Å². The summed E-state index contributed by atoms with van der Waals surface area (Å²) in [6, 6.07) is 74.5. The van der Waals surface area contributed by atoms with Crippen molar-refractivity contribution in [3.8, 4) is 45.6 Å². The molecule has 91 heavy (non-hydrogen) atoms. The third-order valence-corrected chi connectivity index (χ3v) is 16.6. The van der Waals surface area contributed by atoms with Crippen molar-refractivity contribution >= 4 is 17.6 Å². The molecule has 15 rings (SSSR count). The lowest BCUT2D eigenvalue weighted by Gasteiger charge is -2.48. The lowest BCUT2D eigenvalue weighted by molar-refractivity contribution is -0.387. The molecule has 0 amide bonds. The van der Waals surface area contributed by atoms with Crippen molar-refractivity contribution in [2.75, 3.05) is 6.61 Å². The molecular weight excluding hydrogens is 1160 g/mol. The number of fused-ring (bicyclic) bond motifs is 9. The molecule has 5 heterocycles. The summed E-state index contributed by atoms with van der Waals surface area (Å²) in [6.07, 6.45) is -8.05. The maximum absolute atomic E-state index is 16.6. The predicted octanol–water partition coefficient (Wildman–Crippen LogP) is 13.9. The van der Waals surface area contributed by atoms with Crippen LogP contribution in [0.4, 0.5) is 5.69 Å². The predicted molar refractivity (Wildman–Crippen MR) is 328 cm³/mol. The number of hydrogen-bond acceptors (Lipinski definition) is 16. The first-order valence-corrected chi connectivity index (χ1v) is 29.7.